The fourth-order valence-corrected chi connectivity index (χ4v) is 6.44. The quantitative estimate of drug-likeness (QED) is 0.183. The summed E-state index contributed by atoms with van der Waals surface area (Å²) < 4.78 is 83.8. The number of rotatable bonds is 5. The van der Waals surface area contributed by atoms with E-state index >= 15 is 0 Å². The van der Waals surface area contributed by atoms with Crippen molar-refractivity contribution >= 4 is 16.1 Å². The van der Waals surface area contributed by atoms with E-state index in [9.17, 15) is 26.4 Å². The van der Waals surface area contributed by atoms with Gasteiger partial charge in [-0.3, -0.25) is 4.79 Å². The standard InChI is InChI=1S/C22H31F3O7S/c1-14-7-8-16-19(2,9-6-10-20(16,3)18(26)29-5)15(14)13-17(21(4)30-11-12-31-21)32-33(27,28)22(23,24)25/h13,15-16H,1,6-12H2,2-5H3/b17-13+/t15-,16+,19+,20-/m0/s1. The first-order valence-electron chi connectivity index (χ1n) is 10.9. The van der Waals surface area contributed by atoms with Crippen LogP contribution in [-0.4, -0.2) is 46.0 Å². The van der Waals surface area contributed by atoms with Crippen LogP contribution in [-0.2, 0) is 33.3 Å². The van der Waals surface area contributed by atoms with Crippen LogP contribution in [0.25, 0.3) is 0 Å². The summed E-state index contributed by atoms with van der Waals surface area (Å²) in [6.07, 6.45) is 4.50. The molecule has 188 valence electrons. The highest BCUT2D eigenvalue weighted by Crippen LogP contribution is 2.62. The molecule has 3 fully saturated rings. The summed E-state index contributed by atoms with van der Waals surface area (Å²) in [4.78, 5) is 12.7. The van der Waals surface area contributed by atoms with Gasteiger partial charge < -0.3 is 18.4 Å². The van der Waals surface area contributed by atoms with Gasteiger partial charge >= 0.3 is 21.6 Å². The number of carbonyl (C=O) groups excluding carboxylic acids is 1. The molecule has 0 aromatic rings. The Bertz CT molecular complexity index is 936. The van der Waals surface area contributed by atoms with E-state index in [1.165, 1.54) is 20.1 Å². The number of ether oxygens (including phenoxy) is 3. The number of allylic oxidation sites excluding steroid dienone is 2. The fourth-order valence-electron chi connectivity index (χ4n) is 5.90. The van der Waals surface area contributed by atoms with Gasteiger partial charge in [0.05, 0.1) is 25.7 Å². The van der Waals surface area contributed by atoms with Gasteiger partial charge in [-0.2, -0.15) is 21.6 Å². The van der Waals surface area contributed by atoms with Crippen molar-refractivity contribution in [3.8, 4) is 0 Å². The summed E-state index contributed by atoms with van der Waals surface area (Å²) in [6.45, 7) is 9.38. The molecule has 0 spiro atoms. The monoisotopic (exact) mass is 496 g/mol. The Hall–Kier alpha value is -1.59. The Morgan fingerprint density at radius 3 is 2.33 bits per heavy atom. The van der Waals surface area contributed by atoms with Gasteiger partial charge in [-0.25, -0.2) is 0 Å². The lowest BCUT2D eigenvalue weighted by atomic mass is 9.47. The van der Waals surface area contributed by atoms with E-state index in [-0.39, 0.29) is 25.1 Å². The van der Waals surface area contributed by atoms with Crippen molar-refractivity contribution in [3.05, 3.63) is 24.0 Å². The van der Waals surface area contributed by atoms with Crippen molar-refractivity contribution < 1.29 is 44.8 Å². The SMILES string of the molecule is C=C1CC[C@@H]2[C@](C)(CCC[C@]2(C)C(=O)OC)[C@H]1/C=C(/OS(=O)(=O)C(F)(F)F)C1(C)OCCO1. The number of fused-ring (bicyclic) bond motifs is 1. The van der Waals surface area contributed by atoms with E-state index in [1.54, 1.807) is 0 Å². The number of halogens is 3. The number of hydrogen-bond donors (Lipinski definition) is 0. The minimum atomic E-state index is -5.96. The molecule has 0 N–H and O–H groups in total. The molecule has 1 heterocycles. The van der Waals surface area contributed by atoms with E-state index in [4.69, 9.17) is 14.2 Å². The topological polar surface area (TPSA) is 88.1 Å². The fraction of sp³-hybridized carbons (Fsp3) is 0.773. The smallest absolute Gasteiger partial charge is 0.469 e. The van der Waals surface area contributed by atoms with Crippen LogP contribution in [0.4, 0.5) is 13.2 Å². The van der Waals surface area contributed by atoms with Crippen LogP contribution in [0.3, 0.4) is 0 Å². The second kappa shape index (κ2) is 8.57. The van der Waals surface area contributed by atoms with Gasteiger partial charge in [0.15, 0.2) is 5.76 Å². The molecule has 7 nitrogen and oxygen atoms in total. The van der Waals surface area contributed by atoms with Crippen LogP contribution in [0.5, 0.6) is 0 Å². The molecule has 33 heavy (non-hydrogen) atoms. The molecule has 0 aromatic heterocycles. The summed E-state index contributed by atoms with van der Waals surface area (Å²) >= 11 is 0. The number of carbonyl (C=O) groups is 1. The third-order valence-electron chi connectivity index (χ3n) is 7.62. The zero-order valence-electron chi connectivity index (χ0n) is 19.3. The van der Waals surface area contributed by atoms with Crippen molar-refractivity contribution in [2.24, 2.45) is 22.7 Å². The predicted octanol–water partition coefficient (Wildman–Crippen LogP) is 4.45. The Labute approximate surface area is 192 Å². The van der Waals surface area contributed by atoms with Crippen molar-refractivity contribution in [1.29, 1.82) is 0 Å². The van der Waals surface area contributed by atoms with Crippen LogP contribution in [0.15, 0.2) is 24.0 Å². The lowest BCUT2D eigenvalue weighted by molar-refractivity contribution is -0.167. The summed E-state index contributed by atoms with van der Waals surface area (Å²) in [5.74, 6) is -3.45. The molecule has 1 aliphatic heterocycles. The molecule has 2 aliphatic carbocycles. The second-order valence-electron chi connectivity index (χ2n) is 9.65. The Balaban J connectivity index is 2.10. The molecular formula is C22H31F3O7S. The molecule has 2 saturated carbocycles. The molecule has 0 bridgehead atoms. The van der Waals surface area contributed by atoms with E-state index < -0.39 is 43.9 Å². The number of alkyl halides is 3. The maximum atomic E-state index is 13.1. The van der Waals surface area contributed by atoms with Crippen molar-refractivity contribution in [2.75, 3.05) is 20.3 Å². The average Bonchev–Trinajstić information content (AvgIpc) is 3.15. The Morgan fingerprint density at radius 2 is 1.79 bits per heavy atom. The van der Waals surface area contributed by atoms with Gasteiger partial charge in [-0.05, 0) is 56.9 Å². The molecular weight excluding hydrogens is 465 g/mol. The predicted molar refractivity (Wildman–Crippen MR) is 112 cm³/mol. The minimum absolute atomic E-state index is 0.0647. The Morgan fingerprint density at radius 1 is 1.18 bits per heavy atom. The van der Waals surface area contributed by atoms with E-state index in [2.05, 4.69) is 10.8 Å². The molecule has 3 rings (SSSR count). The minimum Gasteiger partial charge on any atom is -0.469 e. The highest BCUT2D eigenvalue weighted by molar-refractivity contribution is 7.87. The average molecular weight is 497 g/mol. The van der Waals surface area contributed by atoms with Crippen LogP contribution in [0.1, 0.15) is 52.9 Å². The van der Waals surface area contributed by atoms with Gasteiger partial charge in [0.25, 0.3) is 0 Å². The van der Waals surface area contributed by atoms with Crippen molar-refractivity contribution in [2.45, 2.75) is 64.2 Å². The summed E-state index contributed by atoms with van der Waals surface area (Å²) in [5.41, 5.74) is -6.28. The molecule has 0 aromatic carbocycles. The molecule has 11 heteroatoms. The first-order chi connectivity index (χ1) is 15.1. The zero-order chi connectivity index (χ0) is 24.9. The van der Waals surface area contributed by atoms with Gasteiger partial charge in [0.1, 0.15) is 0 Å². The van der Waals surface area contributed by atoms with Gasteiger partial charge in [0.2, 0.25) is 5.79 Å². The normalized spacial score (nSPS) is 35.1. The molecule has 1 saturated heterocycles. The number of esters is 1. The molecule has 4 atom stereocenters. The summed E-state index contributed by atoms with van der Waals surface area (Å²) in [7, 11) is -4.63. The van der Waals surface area contributed by atoms with Crippen LogP contribution >= 0.6 is 0 Å². The molecule has 0 unspecified atom stereocenters. The Kier molecular flexibility index (Phi) is 6.76. The third-order valence-corrected chi connectivity index (χ3v) is 8.59. The molecule has 0 radical (unpaired) electrons. The third kappa shape index (κ3) is 4.43. The molecule has 3 aliphatic rings. The van der Waals surface area contributed by atoms with Crippen molar-refractivity contribution in [1.82, 2.24) is 0 Å². The van der Waals surface area contributed by atoms with E-state index in [1.807, 2.05) is 13.8 Å². The lowest BCUT2D eigenvalue weighted by Gasteiger charge is -2.57. The van der Waals surface area contributed by atoms with Gasteiger partial charge in [-0.1, -0.05) is 25.5 Å². The molecule has 0 amide bonds. The van der Waals surface area contributed by atoms with Gasteiger partial charge in [-0.15, -0.1) is 0 Å². The van der Waals surface area contributed by atoms with E-state index in [0.29, 0.717) is 32.1 Å². The first-order valence-corrected chi connectivity index (χ1v) is 12.3. The highest BCUT2D eigenvalue weighted by atomic mass is 32.2. The summed E-state index contributed by atoms with van der Waals surface area (Å²) in [5, 5.41) is 0. The highest BCUT2D eigenvalue weighted by Gasteiger charge is 2.58. The van der Waals surface area contributed by atoms with Crippen molar-refractivity contribution in [3.63, 3.8) is 0 Å². The van der Waals surface area contributed by atoms with Crippen LogP contribution < -0.4 is 0 Å². The van der Waals surface area contributed by atoms with E-state index in [0.717, 1.165) is 5.57 Å². The number of methoxy groups -OCH3 is 1. The maximum Gasteiger partial charge on any atom is 0.534 e. The maximum absolute atomic E-state index is 13.1. The second-order valence-corrected chi connectivity index (χ2v) is 11.2. The van der Waals surface area contributed by atoms with Crippen LogP contribution in [0.2, 0.25) is 0 Å². The van der Waals surface area contributed by atoms with Gasteiger partial charge in [0, 0.05) is 5.92 Å². The summed E-state index contributed by atoms with van der Waals surface area (Å²) in [6, 6.07) is 0. The lowest BCUT2D eigenvalue weighted by Crippen LogP contribution is -2.53. The first kappa shape index (κ1) is 26.0. The zero-order valence-corrected chi connectivity index (χ0v) is 20.1. The largest absolute Gasteiger partial charge is 0.534 e. The number of hydrogen-bond acceptors (Lipinski definition) is 7. The van der Waals surface area contributed by atoms with Crippen LogP contribution in [0, 0.1) is 22.7 Å².